The lowest BCUT2D eigenvalue weighted by atomic mass is 10.1. The van der Waals surface area contributed by atoms with Crippen LogP contribution in [0.1, 0.15) is 21.7 Å². The highest BCUT2D eigenvalue weighted by Gasteiger charge is 2.16. The third-order valence-electron chi connectivity index (χ3n) is 5.01. The second-order valence-electron chi connectivity index (χ2n) is 6.97. The molecule has 0 saturated heterocycles. The molecular weight excluding hydrogens is 376 g/mol. The van der Waals surface area contributed by atoms with Crippen LogP contribution in [-0.4, -0.2) is 30.6 Å². The van der Waals surface area contributed by atoms with Crippen molar-refractivity contribution < 1.29 is 4.79 Å². The van der Waals surface area contributed by atoms with Crippen molar-refractivity contribution in [3.63, 3.8) is 0 Å². The molecule has 1 amide bonds. The van der Waals surface area contributed by atoms with Gasteiger partial charge in [0.25, 0.3) is 5.91 Å². The van der Waals surface area contributed by atoms with Gasteiger partial charge in [0.2, 0.25) is 5.65 Å². The predicted molar refractivity (Wildman–Crippen MR) is 114 cm³/mol. The lowest BCUT2D eigenvalue weighted by Crippen LogP contribution is -2.22. The molecular formula is C23H18N6O. The Kier molecular flexibility index (Phi) is 4.40. The number of aromatic nitrogens is 5. The van der Waals surface area contributed by atoms with Gasteiger partial charge in [-0.15, -0.1) is 10.2 Å². The predicted octanol–water partition coefficient (Wildman–Crippen LogP) is 3.60. The van der Waals surface area contributed by atoms with Crippen molar-refractivity contribution in [2.24, 2.45) is 0 Å². The molecule has 0 aliphatic rings. The lowest BCUT2D eigenvalue weighted by molar-refractivity contribution is 0.0951. The van der Waals surface area contributed by atoms with Crippen LogP contribution in [0.25, 0.3) is 27.8 Å². The van der Waals surface area contributed by atoms with Crippen molar-refractivity contribution in [3.8, 4) is 5.69 Å². The molecule has 0 fully saturated rings. The zero-order valence-electron chi connectivity index (χ0n) is 16.3. The lowest BCUT2D eigenvalue weighted by Gasteiger charge is -2.09. The van der Waals surface area contributed by atoms with Gasteiger partial charge < -0.3 is 5.32 Å². The molecule has 1 N–H and O–H groups in total. The average molecular weight is 394 g/mol. The van der Waals surface area contributed by atoms with Gasteiger partial charge in [0.15, 0.2) is 0 Å². The van der Waals surface area contributed by atoms with Crippen LogP contribution in [0.15, 0.2) is 73.1 Å². The highest BCUT2D eigenvalue weighted by Crippen LogP contribution is 2.27. The van der Waals surface area contributed by atoms with E-state index in [1.165, 1.54) is 0 Å². The maximum Gasteiger partial charge on any atom is 0.251 e. The summed E-state index contributed by atoms with van der Waals surface area (Å²) in [6, 6.07) is 19.2. The minimum atomic E-state index is -0.152. The number of imidazole rings is 1. The van der Waals surface area contributed by atoms with Gasteiger partial charge >= 0.3 is 0 Å². The number of fused-ring (bicyclic) bond motifs is 3. The summed E-state index contributed by atoms with van der Waals surface area (Å²) in [6.45, 7) is 2.37. The first kappa shape index (κ1) is 17.9. The summed E-state index contributed by atoms with van der Waals surface area (Å²) in [4.78, 5) is 21.3. The first-order valence-electron chi connectivity index (χ1n) is 9.59. The zero-order valence-corrected chi connectivity index (χ0v) is 16.3. The summed E-state index contributed by atoms with van der Waals surface area (Å²) < 4.78 is 2.05. The molecule has 0 aliphatic carbocycles. The minimum Gasteiger partial charge on any atom is -0.348 e. The first-order valence-corrected chi connectivity index (χ1v) is 9.59. The van der Waals surface area contributed by atoms with E-state index in [1.807, 2.05) is 66.1 Å². The van der Waals surface area contributed by atoms with E-state index >= 15 is 0 Å². The molecule has 146 valence electrons. The summed E-state index contributed by atoms with van der Waals surface area (Å²) in [7, 11) is 0. The van der Waals surface area contributed by atoms with E-state index in [0.29, 0.717) is 23.3 Å². The Bertz CT molecular complexity index is 1360. The molecule has 3 heterocycles. The summed E-state index contributed by atoms with van der Waals surface area (Å²) in [5.41, 5.74) is 4.64. The topological polar surface area (TPSA) is 85.6 Å². The third kappa shape index (κ3) is 3.16. The number of hydrogen-bond acceptors (Lipinski definition) is 5. The van der Waals surface area contributed by atoms with Crippen molar-refractivity contribution in [1.82, 2.24) is 30.0 Å². The van der Waals surface area contributed by atoms with Crippen LogP contribution >= 0.6 is 0 Å². The van der Waals surface area contributed by atoms with Crippen molar-refractivity contribution in [1.29, 1.82) is 0 Å². The fourth-order valence-electron chi connectivity index (χ4n) is 3.56. The van der Waals surface area contributed by atoms with Gasteiger partial charge in [0.05, 0.1) is 5.52 Å². The summed E-state index contributed by atoms with van der Waals surface area (Å²) in [5, 5.41) is 12.4. The average Bonchev–Trinajstić information content (AvgIpc) is 3.14. The first-order chi connectivity index (χ1) is 14.7. The standard InChI is InChI=1S/C23H18N6O/c1-15-26-22-21(29(15)18-5-3-2-4-6-18)19-13-17(7-8-20(19)27-28-22)23(30)25-14-16-9-11-24-12-10-16/h2-13H,14H2,1H3,(H,25,30). The molecule has 0 bridgehead atoms. The van der Waals surface area contributed by atoms with Gasteiger partial charge in [-0.05, 0) is 55.0 Å². The molecule has 2 aromatic carbocycles. The van der Waals surface area contributed by atoms with Crippen molar-refractivity contribution >= 4 is 28.0 Å². The van der Waals surface area contributed by atoms with Gasteiger partial charge in [-0.1, -0.05) is 18.2 Å². The second-order valence-corrected chi connectivity index (χ2v) is 6.97. The molecule has 5 rings (SSSR count). The fraction of sp³-hybridized carbons (Fsp3) is 0.0870. The summed E-state index contributed by atoms with van der Waals surface area (Å²) >= 11 is 0. The van der Waals surface area contributed by atoms with E-state index in [4.69, 9.17) is 0 Å². The molecule has 0 spiro atoms. The number of nitrogens with one attached hydrogen (secondary N) is 1. The highest BCUT2D eigenvalue weighted by molar-refractivity contribution is 6.05. The molecule has 0 radical (unpaired) electrons. The molecule has 5 aromatic rings. The summed E-state index contributed by atoms with van der Waals surface area (Å²) in [5.74, 6) is 0.659. The van der Waals surface area contributed by atoms with Gasteiger partial charge in [-0.3, -0.25) is 14.3 Å². The van der Waals surface area contributed by atoms with E-state index in [2.05, 4.69) is 25.5 Å². The Morgan fingerprint density at radius 2 is 1.80 bits per heavy atom. The monoisotopic (exact) mass is 394 g/mol. The maximum absolute atomic E-state index is 12.8. The van der Waals surface area contributed by atoms with E-state index in [-0.39, 0.29) is 5.91 Å². The molecule has 0 unspecified atom stereocenters. The molecule has 0 aliphatic heterocycles. The maximum atomic E-state index is 12.8. The number of rotatable bonds is 4. The van der Waals surface area contributed by atoms with Crippen molar-refractivity contribution in [2.45, 2.75) is 13.5 Å². The molecule has 7 nitrogen and oxygen atoms in total. The van der Waals surface area contributed by atoms with E-state index in [9.17, 15) is 4.79 Å². The van der Waals surface area contributed by atoms with Crippen LogP contribution in [0.5, 0.6) is 0 Å². The fourth-order valence-corrected chi connectivity index (χ4v) is 3.56. The Hall–Kier alpha value is -4.13. The van der Waals surface area contributed by atoms with Gasteiger partial charge in [-0.2, -0.15) is 0 Å². The number of aryl methyl sites for hydroxylation is 1. The van der Waals surface area contributed by atoms with Crippen LogP contribution in [0.4, 0.5) is 0 Å². The Labute approximate surface area is 172 Å². The van der Waals surface area contributed by atoms with Crippen LogP contribution < -0.4 is 5.32 Å². The Morgan fingerprint density at radius 1 is 1.00 bits per heavy atom. The van der Waals surface area contributed by atoms with E-state index < -0.39 is 0 Å². The minimum absolute atomic E-state index is 0.152. The Morgan fingerprint density at radius 3 is 2.60 bits per heavy atom. The summed E-state index contributed by atoms with van der Waals surface area (Å²) in [6.07, 6.45) is 3.42. The van der Waals surface area contributed by atoms with Gasteiger partial charge in [-0.25, -0.2) is 4.98 Å². The number of nitrogens with zero attached hydrogens (tertiary/aromatic N) is 5. The second kappa shape index (κ2) is 7.36. The SMILES string of the molecule is Cc1nc2nnc3ccc(C(=O)NCc4ccncc4)cc3c2n1-c1ccccc1. The van der Waals surface area contributed by atoms with Crippen molar-refractivity contribution in [2.75, 3.05) is 0 Å². The van der Waals surface area contributed by atoms with E-state index in [0.717, 1.165) is 28.0 Å². The van der Waals surface area contributed by atoms with Crippen LogP contribution in [0.3, 0.4) is 0 Å². The third-order valence-corrected chi connectivity index (χ3v) is 5.01. The number of hydrogen-bond donors (Lipinski definition) is 1. The molecule has 7 heteroatoms. The van der Waals surface area contributed by atoms with Gasteiger partial charge in [0.1, 0.15) is 11.3 Å². The number of benzene rings is 2. The van der Waals surface area contributed by atoms with Crippen molar-refractivity contribution in [3.05, 3.63) is 90.0 Å². The normalized spacial score (nSPS) is 11.1. The van der Waals surface area contributed by atoms with Gasteiger partial charge in [0, 0.05) is 35.6 Å². The van der Waals surface area contributed by atoms with Crippen LogP contribution in [0.2, 0.25) is 0 Å². The number of amides is 1. The molecule has 30 heavy (non-hydrogen) atoms. The van der Waals surface area contributed by atoms with Crippen LogP contribution in [0, 0.1) is 6.92 Å². The van der Waals surface area contributed by atoms with E-state index in [1.54, 1.807) is 18.5 Å². The Balaban J connectivity index is 1.59. The largest absolute Gasteiger partial charge is 0.348 e. The quantitative estimate of drug-likeness (QED) is 0.503. The number of carbonyl (C=O) groups excluding carboxylic acids is 1. The van der Waals surface area contributed by atoms with Crippen LogP contribution in [-0.2, 0) is 6.54 Å². The molecule has 0 saturated carbocycles. The molecule has 0 atom stereocenters. The number of carbonyl (C=O) groups is 1. The number of pyridine rings is 1. The zero-order chi connectivity index (χ0) is 20.5. The number of para-hydroxylation sites is 1. The highest BCUT2D eigenvalue weighted by atomic mass is 16.1. The smallest absolute Gasteiger partial charge is 0.251 e. The molecule has 3 aromatic heterocycles.